The smallest absolute Gasteiger partial charge is 0.507 e. The maximum Gasteiger partial charge on any atom is 0.513 e. The van der Waals surface area contributed by atoms with E-state index in [9.17, 15) is 24.6 Å². The van der Waals surface area contributed by atoms with Crippen LogP contribution in [-0.4, -0.2) is 34.5 Å². The van der Waals surface area contributed by atoms with Crippen molar-refractivity contribution < 1.29 is 34.1 Å². The number of carbonyl (C=O) groups excluding carboxylic acids is 3. The van der Waals surface area contributed by atoms with Gasteiger partial charge in [0.05, 0.1) is 28.9 Å². The van der Waals surface area contributed by atoms with Crippen LogP contribution in [0, 0.1) is 0 Å². The average Bonchev–Trinajstić information content (AvgIpc) is 2.75. The van der Waals surface area contributed by atoms with Gasteiger partial charge in [-0.1, -0.05) is 12.1 Å². The highest BCUT2D eigenvalue weighted by molar-refractivity contribution is 6.33. The van der Waals surface area contributed by atoms with Crippen LogP contribution >= 0.6 is 0 Å². The Morgan fingerprint density at radius 3 is 2.16 bits per heavy atom. The first-order valence-corrected chi connectivity index (χ1v) is 9.55. The van der Waals surface area contributed by atoms with Crippen molar-refractivity contribution in [3.8, 4) is 28.4 Å². The lowest BCUT2D eigenvalue weighted by Gasteiger charge is -2.23. The van der Waals surface area contributed by atoms with Crippen LogP contribution in [0.4, 0.5) is 16.2 Å². The van der Waals surface area contributed by atoms with Gasteiger partial charge in [-0.25, -0.2) is 4.79 Å². The highest BCUT2D eigenvalue weighted by Crippen LogP contribution is 2.45. The summed E-state index contributed by atoms with van der Waals surface area (Å²) in [7, 11) is 0. The molecule has 0 unspecified atom stereocenters. The molecule has 0 aromatic heterocycles. The summed E-state index contributed by atoms with van der Waals surface area (Å²) in [5.74, 6) is -2.09. The second-order valence-corrected chi connectivity index (χ2v) is 7.00. The van der Waals surface area contributed by atoms with E-state index < -0.39 is 29.2 Å². The molecule has 0 aliphatic heterocycles. The summed E-state index contributed by atoms with van der Waals surface area (Å²) in [6.45, 7) is 1.81. The number of fused-ring (bicyclic) bond motifs is 2. The fourth-order valence-corrected chi connectivity index (χ4v) is 3.66. The molecule has 0 heterocycles. The molecule has 0 atom stereocenters. The number of phenols is 2. The van der Waals surface area contributed by atoms with Gasteiger partial charge >= 0.3 is 6.16 Å². The van der Waals surface area contributed by atoms with Crippen molar-refractivity contribution in [3.05, 3.63) is 64.7 Å². The van der Waals surface area contributed by atoms with Crippen molar-refractivity contribution in [1.29, 1.82) is 0 Å². The molecule has 0 fully saturated rings. The minimum absolute atomic E-state index is 0.00867. The minimum atomic E-state index is -0.857. The Bertz CT molecular complexity index is 1300. The Hall–Kier alpha value is -4.53. The first kappa shape index (κ1) is 20.7. The molecule has 3 aromatic rings. The highest BCUT2D eigenvalue weighted by atomic mass is 16.7. The molecule has 0 saturated heterocycles. The number of nitrogen functional groups attached to an aromatic ring is 2. The minimum Gasteiger partial charge on any atom is -0.507 e. The molecular formula is C23H18N2O7. The van der Waals surface area contributed by atoms with E-state index in [0.29, 0.717) is 5.56 Å². The van der Waals surface area contributed by atoms with Crippen molar-refractivity contribution >= 4 is 29.1 Å². The normalized spacial score (nSPS) is 12.2. The van der Waals surface area contributed by atoms with Crippen LogP contribution in [-0.2, 0) is 4.74 Å². The molecule has 9 heteroatoms. The number of aromatic hydroxyl groups is 2. The van der Waals surface area contributed by atoms with Gasteiger partial charge in [-0.2, -0.15) is 0 Å². The SMILES string of the molecule is CCOC(=O)Oc1ccc(-c2cc(N)c3c(c2O)C(=O)c2c(N)ccc(O)c2C3=O)cc1. The topological polar surface area (TPSA) is 162 Å². The van der Waals surface area contributed by atoms with E-state index in [0.717, 1.165) is 0 Å². The van der Waals surface area contributed by atoms with E-state index >= 15 is 0 Å². The van der Waals surface area contributed by atoms with Crippen LogP contribution in [0.2, 0.25) is 0 Å². The van der Waals surface area contributed by atoms with Crippen LogP contribution in [0.15, 0.2) is 42.5 Å². The quantitative estimate of drug-likeness (QED) is 0.164. The summed E-state index contributed by atoms with van der Waals surface area (Å²) < 4.78 is 9.71. The summed E-state index contributed by atoms with van der Waals surface area (Å²) in [5.41, 5.74) is 11.6. The zero-order valence-corrected chi connectivity index (χ0v) is 16.8. The zero-order chi connectivity index (χ0) is 23.2. The molecule has 1 aliphatic rings. The fourth-order valence-electron chi connectivity index (χ4n) is 3.66. The molecule has 0 bridgehead atoms. The number of benzene rings is 3. The van der Waals surface area contributed by atoms with Gasteiger partial charge in [0.15, 0.2) is 0 Å². The van der Waals surface area contributed by atoms with Crippen LogP contribution in [0.5, 0.6) is 17.2 Å². The Kier molecular flexibility index (Phi) is 4.94. The lowest BCUT2D eigenvalue weighted by Crippen LogP contribution is -2.24. The molecule has 9 nitrogen and oxygen atoms in total. The number of rotatable bonds is 3. The number of nitrogens with two attached hydrogens (primary N) is 2. The van der Waals surface area contributed by atoms with E-state index in [1.165, 1.54) is 30.3 Å². The zero-order valence-electron chi connectivity index (χ0n) is 16.8. The van der Waals surface area contributed by atoms with Crippen molar-refractivity contribution in [1.82, 2.24) is 0 Å². The Labute approximate surface area is 181 Å². The van der Waals surface area contributed by atoms with E-state index in [2.05, 4.69) is 0 Å². The molecule has 32 heavy (non-hydrogen) atoms. The van der Waals surface area contributed by atoms with Crippen LogP contribution in [0.25, 0.3) is 11.1 Å². The lowest BCUT2D eigenvalue weighted by molar-refractivity contribution is 0.0975. The summed E-state index contributed by atoms with van der Waals surface area (Å²) >= 11 is 0. The molecule has 162 valence electrons. The van der Waals surface area contributed by atoms with Crippen LogP contribution < -0.4 is 16.2 Å². The number of phenolic OH excluding ortho intramolecular Hbond substituents is 2. The molecule has 4 rings (SSSR count). The summed E-state index contributed by atoms with van der Waals surface area (Å²) in [6.07, 6.45) is -0.857. The molecule has 6 N–H and O–H groups in total. The molecule has 0 saturated carbocycles. The largest absolute Gasteiger partial charge is 0.513 e. The number of carbonyl (C=O) groups is 3. The third-order valence-corrected chi connectivity index (χ3v) is 5.08. The summed E-state index contributed by atoms with van der Waals surface area (Å²) in [6, 6.07) is 9.90. The van der Waals surface area contributed by atoms with Crippen molar-refractivity contribution in [2.24, 2.45) is 0 Å². The van der Waals surface area contributed by atoms with Gasteiger partial charge in [0.1, 0.15) is 17.2 Å². The maximum absolute atomic E-state index is 13.2. The lowest BCUT2D eigenvalue weighted by atomic mass is 9.80. The third kappa shape index (κ3) is 3.16. The first-order chi connectivity index (χ1) is 15.2. The highest BCUT2D eigenvalue weighted by Gasteiger charge is 2.38. The number of hydrogen-bond acceptors (Lipinski definition) is 9. The monoisotopic (exact) mass is 434 g/mol. The summed E-state index contributed by atoms with van der Waals surface area (Å²) in [4.78, 5) is 37.7. The van der Waals surface area contributed by atoms with E-state index in [-0.39, 0.29) is 51.5 Å². The van der Waals surface area contributed by atoms with Gasteiger partial charge in [0.25, 0.3) is 0 Å². The standard InChI is InChI=1S/C23H18N2O7/c1-2-31-23(30)32-11-5-3-10(4-6-11)12-9-14(25)17-19(20(12)27)22(29)16-13(24)7-8-15(26)18(16)21(17)28/h3-9,26-27H,2,24-25H2,1H3. The Morgan fingerprint density at radius 2 is 1.50 bits per heavy atom. The Balaban J connectivity index is 1.81. The van der Waals surface area contributed by atoms with Gasteiger partial charge in [-0.05, 0) is 42.8 Å². The molecule has 0 amide bonds. The number of ketones is 2. The molecule has 0 radical (unpaired) electrons. The van der Waals surface area contributed by atoms with Crippen molar-refractivity contribution in [2.45, 2.75) is 6.92 Å². The van der Waals surface area contributed by atoms with Crippen molar-refractivity contribution in [3.63, 3.8) is 0 Å². The van der Waals surface area contributed by atoms with E-state index in [4.69, 9.17) is 20.9 Å². The van der Waals surface area contributed by atoms with Crippen LogP contribution in [0.3, 0.4) is 0 Å². The van der Waals surface area contributed by atoms with E-state index in [1.54, 1.807) is 19.1 Å². The Morgan fingerprint density at radius 1 is 0.875 bits per heavy atom. The van der Waals surface area contributed by atoms with Gasteiger partial charge < -0.3 is 31.2 Å². The maximum atomic E-state index is 13.2. The second-order valence-electron chi connectivity index (χ2n) is 7.00. The van der Waals surface area contributed by atoms with Crippen molar-refractivity contribution in [2.75, 3.05) is 18.1 Å². The van der Waals surface area contributed by atoms with Gasteiger partial charge in [0, 0.05) is 16.9 Å². The predicted octanol–water partition coefficient (Wildman–Crippen LogP) is 3.24. The fraction of sp³-hybridized carbons (Fsp3) is 0.0870. The molecule has 1 aliphatic carbocycles. The number of hydrogen-bond donors (Lipinski definition) is 4. The third-order valence-electron chi connectivity index (χ3n) is 5.08. The van der Waals surface area contributed by atoms with Gasteiger partial charge in [-0.3, -0.25) is 9.59 Å². The van der Waals surface area contributed by atoms with Gasteiger partial charge in [0.2, 0.25) is 11.6 Å². The molecule has 0 spiro atoms. The van der Waals surface area contributed by atoms with E-state index in [1.807, 2.05) is 0 Å². The molecular weight excluding hydrogens is 416 g/mol. The number of anilines is 2. The summed E-state index contributed by atoms with van der Waals surface area (Å²) in [5, 5.41) is 21.1. The molecule has 3 aromatic carbocycles. The predicted molar refractivity (Wildman–Crippen MR) is 115 cm³/mol. The first-order valence-electron chi connectivity index (χ1n) is 9.55. The van der Waals surface area contributed by atoms with Gasteiger partial charge in [-0.15, -0.1) is 0 Å². The number of ether oxygens (including phenoxy) is 2. The average molecular weight is 434 g/mol. The van der Waals surface area contributed by atoms with Crippen LogP contribution in [0.1, 0.15) is 38.8 Å². The second kappa shape index (κ2) is 7.62.